The van der Waals surface area contributed by atoms with Crippen molar-refractivity contribution in [1.82, 2.24) is 9.88 Å². The van der Waals surface area contributed by atoms with Crippen molar-refractivity contribution in [2.24, 2.45) is 0 Å². The minimum atomic E-state index is 0.0945. The van der Waals surface area contributed by atoms with Crippen molar-refractivity contribution in [2.45, 2.75) is 19.5 Å². The quantitative estimate of drug-likeness (QED) is 0.878. The zero-order valence-corrected chi connectivity index (χ0v) is 10.7. The van der Waals surface area contributed by atoms with Crippen LogP contribution in [0, 0.1) is 0 Å². The van der Waals surface area contributed by atoms with E-state index in [1.807, 2.05) is 49.2 Å². The van der Waals surface area contributed by atoms with Gasteiger partial charge in [-0.25, -0.2) is 4.98 Å². The number of rotatable bonds is 5. The average molecular weight is 246 g/mol. The van der Waals surface area contributed by atoms with Gasteiger partial charge in [0, 0.05) is 11.6 Å². The molecule has 4 heteroatoms. The van der Waals surface area contributed by atoms with E-state index in [1.54, 1.807) is 6.20 Å². The number of benzene rings is 1. The molecule has 1 aromatic carbocycles. The van der Waals surface area contributed by atoms with Gasteiger partial charge in [0.1, 0.15) is 0 Å². The second kappa shape index (κ2) is 5.80. The molecule has 2 rings (SSSR count). The van der Waals surface area contributed by atoms with Crippen molar-refractivity contribution in [2.75, 3.05) is 13.7 Å². The van der Waals surface area contributed by atoms with Crippen molar-refractivity contribution in [3.8, 4) is 11.3 Å². The van der Waals surface area contributed by atoms with Crippen LogP contribution in [0.2, 0.25) is 0 Å². The molecule has 96 valence electrons. The molecule has 0 saturated heterocycles. The summed E-state index contributed by atoms with van der Waals surface area (Å²) in [6, 6.07) is 9.98. The normalized spacial score (nSPS) is 12.9. The summed E-state index contributed by atoms with van der Waals surface area (Å²) in [7, 11) is 1.94. The number of aliphatic hydroxyl groups is 1. The van der Waals surface area contributed by atoms with E-state index in [2.05, 4.69) is 4.98 Å². The summed E-state index contributed by atoms with van der Waals surface area (Å²) in [6.07, 6.45) is 1.74. The summed E-state index contributed by atoms with van der Waals surface area (Å²) in [5, 5.41) is 9.07. The molecular formula is C14H18N2O2. The average Bonchev–Trinajstić information content (AvgIpc) is 2.87. The van der Waals surface area contributed by atoms with Crippen LogP contribution in [-0.2, 0) is 6.54 Å². The summed E-state index contributed by atoms with van der Waals surface area (Å²) in [5.41, 5.74) is 1.02. The Bertz CT molecular complexity index is 482. The number of nitrogens with zero attached hydrogens (tertiary/aromatic N) is 2. The van der Waals surface area contributed by atoms with Gasteiger partial charge in [0.25, 0.3) is 0 Å². The number of oxazole rings is 1. The maximum absolute atomic E-state index is 9.07. The molecule has 0 bridgehead atoms. The number of likely N-dealkylation sites (N-methyl/N-ethyl adjacent to an activating group) is 1. The van der Waals surface area contributed by atoms with Gasteiger partial charge >= 0.3 is 0 Å². The maximum atomic E-state index is 9.07. The first-order valence-electron chi connectivity index (χ1n) is 6.02. The number of aromatic nitrogens is 1. The van der Waals surface area contributed by atoms with E-state index in [0.29, 0.717) is 12.4 Å². The van der Waals surface area contributed by atoms with Gasteiger partial charge in [-0.1, -0.05) is 30.3 Å². The molecule has 0 fully saturated rings. The summed E-state index contributed by atoms with van der Waals surface area (Å²) in [4.78, 5) is 6.26. The van der Waals surface area contributed by atoms with E-state index >= 15 is 0 Å². The van der Waals surface area contributed by atoms with Crippen LogP contribution < -0.4 is 0 Å². The Hall–Kier alpha value is -1.65. The van der Waals surface area contributed by atoms with E-state index in [0.717, 1.165) is 11.3 Å². The predicted octanol–water partition coefficient (Wildman–Crippen LogP) is 2.15. The molecule has 0 aliphatic rings. The molecular weight excluding hydrogens is 228 g/mol. The lowest BCUT2D eigenvalue weighted by molar-refractivity contribution is 0.145. The van der Waals surface area contributed by atoms with E-state index in [1.165, 1.54) is 0 Å². The molecule has 1 heterocycles. The SMILES string of the molecule is CC(CO)N(C)Cc1ncc(-c2ccccc2)o1. The fraction of sp³-hybridized carbons (Fsp3) is 0.357. The highest BCUT2D eigenvalue weighted by molar-refractivity contribution is 5.55. The Balaban J connectivity index is 2.07. The maximum Gasteiger partial charge on any atom is 0.209 e. The zero-order valence-electron chi connectivity index (χ0n) is 10.7. The second-order valence-electron chi connectivity index (χ2n) is 4.43. The van der Waals surface area contributed by atoms with Crippen molar-refractivity contribution in [3.63, 3.8) is 0 Å². The molecule has 0 saturated carbocycles. The largest absolute Gasteiger partial charge is 0.439 e. The van der Waals surface area contributed by atoms with Gasteiger partial charge < -0.3 is 9.52 Å². The fourth-order valence-electron chi connectivity index (χ4n) is 1.63. The van der Waals surface area contributed by atoms with Crippen LogP contribution in [0.3, 0.4) is 0 Å². The van der Waals surface area contributed by atoms with Gasteiger partial charge in [-0.2, -0.15) is 0 Å². The minimum Gasteiger partial charge on any atom is -0.439 e. The van der Waals surface area contributed by atoms with Crippen molar-refractivity contribution in [1.29, 1.82) is 0 Å². The molecule has 18 heavy (non-hydrogen) atoms. The van der Waals surface area contributed by atoms with E-state index in [9.17, 15) is 0 Å². The van der Waals surface area contributed by atoms with Crippen molar-refractivity contribution in [3.05, 3.63) is 42.4 Å². The third-order valence-corrected chi connectivity index (χ3v) is 3.01. The van der Waals surface area contributed by atoms with Crippen LogP contribution in [0.25, 0.3) is 11.3 Å². The van der Waals surface area contributed by atoms with Crippen molar-refractivity contribution >= 4 is 0 Å². The van der Waals surface area contributed by atoms with Gasteiger partial charge in [-0.3, -0.25) is 4.90 Å². The van der Waals surface area contributed by atoms with E-state index in [4.69, 9.17) is 9.52 Å². The van der Waals surface area contributed by atoms with Gasteiger partial charge in [0.05, 0.1) is 19.3 Å². The fourth-order valence-corrected chi connectivity index (χ4v) is 1.63. The van der Waals surface area contributed by atoms with Gasteiger partial charge in [-0.15, -0.1) is 0 Å². The molecule has 1 unspecified atom stereocenters. The summed E-state index contributed by atoms with van der Waals surface area (Å²) < 4.78 is 5.70. The monoisotopic (exact) mass is 246 g/mol. The highest BCUT2D eigenvalue weighted by atomic mass is 16.4. The van der Waals surface area contributed by atoms with Gasteiger partial charge in [-0.05, 0) is 14.0 Å². The van der Waals surface area contributed by atoms with Gasteiger partial charge in [0.15, 0.2) is 5.76 Å². The zero-order chi connectivity index (χ0) is 13.0. The molecule has 1 N–H and O–H groups in total. The van der Waals surface area contributed by atoms with Crippen LogP contribution >= 0.6 is 0 Å². The molecule has 0 amide bonds. The third-order valence-electron chi connectivity index (χ3n) is 3.01. The summed E-state index contributed by atoms with van der Waals surface area (Å²) in [6.45, 7) is 2.68. The predicted molar refractivity (Wildman–Crippen MR) is 70.0 cm³/mol. The van der Waals surface area contributed by atoms with Gasteiger partial charge in [0.2, 0.25) is 5.89 Å². The second-order valence-corrected chi connectivity index (χ2v) is 4.43. The molecule has 0 spiro atoms. The van der Waals surface area contributed by atoms with Crippen LogP contribution in [0.15, 0.2) is 40.9 Å². The topological polar surface area (TPSA) is 49.5 Å². The van der Waals surface area contributed by atoms with Crippen LogP contribution in [0.4, 0.5) is 0 Å². The minimum absolute atomic E-state index is 0.0945. The highest BCUT2D eigenvalue weighted by Crippen LogP contribution is 2.20. The summed E-state index contributed by atoms with van der Waals surface area (Å²) in [5.74, 6) is 1.44. The lowest BCUT2D eigenvalue weighted by atomic mass is 10.2. The van der Waals surface area contributed by atoms with Crippen LogP contribution in [-0.4, -0.2) is 34.7 Å². The molecule has 0 aliphatic carbocycles. The highest BCUT2D eigenvalue weighted by Gasteiger charge is 2.12. The molecule has 1 aromatic heterocycles. The van der Waals surface area contributed by atoms with Crippen LogP contribution in [0.5, 0.6) is 0 Å². The summed E-state index contributed by atoms with van der Waals surface area (Å²) >= 11 is 0. The first kappa shape index (κ1) is 12.8. The third kappa shape index (κ3) is 2.97. The van der Waals surface area contributed by atoms with Crippen LogP contribution in [0.1, 0.15) is 12.8 Å². The standard InChI is InChI=1S/C14H18N2O2/c1-11(10-17)16(2)9-14-15-8-13(18-14)12-6-4-3-5-7-12/h3-8,11,17H,9-10H2,1-2H3. The lowest BCUT2D eigenvalue weighted by Crippen LogP contribution is -2.31. The Morgan fingerprint density at radius 2 is 2.06 bits per heavy atom. The molecule has 1 atom stereocenters. The van der Waals surface area contributed by atoms with E-state index < -0.39 is 0 Å². The molecule has 0 radical (unpaired) electrons. The first-order chi connectivity index (χ1) is 8.70. The Labute approximate surface area is 107 Å². The van der Waals surface area contributed by atoms with Crippen molar-refractivity contribution < 1.29 is 9.52 Å². The number of aliphatic hydroxyl groups excluding tert-OH is 1. The Kier molecular flexibility index (Phi) is 4.12. The molecule has 2 aromatic rings. The lowest BCUT2D eigenvalue weighted by Gasteiger charge is -2.20. The Morgan fingerprint density at radius 3 is 2.72 bits per heavy atom. The first-order valence-corrected chi connectivity index (χ1v) is 6.02. The Morgan fingerprint density at radius 1 is 1.33 bits per heavy atom. The number of hydrogen-bond donors (Lipinski definition) is 1. The smallest absolute Gasteiger partial charge is 0.209 e. The molecule has 0 aliphatic heterocycles. The van der Waals surface area contributed by atoms with E-state index in [-0.39, 0.29) is 12.6 Å². The number of hydrogen-bond acceptors (Lipinski definition) is 4. The molecule has 4 nitrogen and oxygen atoms in total.